The third-order valence-electron chi connectivity index (χ3n) is 1.99. The van der Waals surface area contributed by atoms with E-state index in [1.165, 1.54) is 10.4 Å². The molecule has 2 aromatic rings. The van der Waals surface area contributed by atoms with E-state index in [1.54, 1.807) is 39.9 Å². The first kappa shape index (κ1) is 11.1. The molecule has 3 nitrogen and oxygen atoms in total. The van der Waals surface area contributed by atoms with Crippen molar-refractivity contribution in [1.29, 1.82) is 0 Å². The number of aromatic nitrogens is 2. The molecule has 0 bridgehead atoms. The molecule has 0 spiro atoms. The van der Waals surface area contributed by atoms with Gasteiger partial charge in [0.05, 0.1) is 5.25 Å². The highest BCUT2D eigenvalue weighted by Gasteiger charge is 2.16. The van der Waals surface area contributed by atoms with E-state index >= 15 is 0 Å². The highest BCUT2D eigenvalue weighted by Crippen LogP contribution is 2.38. The van der Waals surface area contributed by atoms with Crippen LogP contribution in [0, 0.1) is 6.92 Å². The summed E-state index contributed by atoms with van der Waals surface area (Å²) in [6.07, 6.45) is 0. The van der Waals surface area contributed by atoms with Crippen LogP contribution in [0.1, 0.15) is 15.7 Å². The van der Waals surface area contributed by atoms with E-state index in [-0.39, 0.29) is 0 Å². The number of hydrogen-bond donors (Lipinski definition) is 1. The molecule has 0 aliphatic heterocycles. The highest BCUT2D eigenvalue weighted by atomic mass is 32.2. The number of nitrogens with two attached hydrogens (primary N) is 1. The van der Waals surface area contributed by atoms with Crippen LogP contribution in [0.25, 0.3) is 0 Å². The minimum absolute atomic E-state index is 0.304. The van der Waals surface area contributed by atoms with E-state index in [1.807, 2.05) is 0 Å². The number of rotatable bonds is 4. The lowest BCUT2D eigenvalue weighted by atomic mass is 10.2. The minimum atomic E-state index is 0.304. The molecule has 2 N–H and O–H groups in total. The topological polar surface area (TPSA) is 51.8 Å². The third kappa shape index (κ3) is 2.57. The molecule has 1 unspecified atom stereocenters. The fraction of sp³-hybridized carbons (Fsp3) is 0.333. The van der Waals surface area contributed by atoms with Gasteiger partial charge in [-0.05, 0) is 23.9 Å². The Morgan fingerprint density at radius 2 is 2.40 bits per heavy atom. The predicted molar refractivity (Wildman–Crippen MR) is 66.6 cm³/mol. The lowest BCUT2D eigenvalue weighted by Gasteiger charge is -2.11. The molecule has 0 aliphatic rings. The molecular weight excluding hydrogens is 246 g/mol. The summed E-state index contributed by atoms with van der Waals surface area (Å²) in [5.41, 5.74) is 8.85. The van der Waals surface area contributed by atoms with E-state index < -0.39 is 0 Å². The molecule has 15 heavy (non-hydrogen) atoms. The maximum absolute atomic E-state index is 5.79. The van der Waals surface area contributed by atoms with E-state index in [2.05, 4.69) is 28.6 Å². The van der Waals surface area contributed by atoms with Crippen molar-refractivity contribution < 1.29 is 0 Å². The van der Waals surface area contributed by atoms with Crippen molar-refractivity contribution >= 4 is 34.4 Å². The zero-order valence-electron chi connectivity index (χ0n) is 8.21. The lowest BCUT2D eigenvalue weighted by molar-refractivity contribution is 0.941. The van der Waals surface area contributed by atoms with Crippen molar-refractivity contribution in [2.75, 3.05) is 6.54 Å². The van der Waals surface area contributed by atoms with Gasteiger partial charge >= 0.3 is 0 Å². The molecule has 0 fully saturated rings. The van der Waals surface area contributed by atoms with Crippen molar-refractivity contribution in [1.82, 2.24) is 10.2 Å². The normalized spacial score (nSPS) is 12.9. The van der Waals surface area contributed by atoms with Crippen LogP contribution in [0.4, 0.5) is 0 Å². The Morgan fingerprint density at radius 3 is 2.93 bits per heavy atom. The van der Waals surface area contributed by atoms with Gasteiger partial charge in [0.25, 0.3) is 0 Å². The SMILES string of the molecule is Cc1ccsc1C(CN)Sc1nncs1. The largest absolute Gasteiger partial charge is 0.329 e. The van der Waals surface area contributed by atoms with Gasteiger partial charge in [-0.3, -0.25) is 0 Å². The van der Waals surface area contributed by atoms with Gasteiger partial charge in [0.2, 0.25) is 0 Å². The molecule has 2 rings (SSSR count). The van der Waals surface area contributed by atoms with Gasteiger partial charge in [-0.2, -0.15) is 0 Å². The molecule has 80 valence electrons. The van der Waals surface area contributed by atoms with Gasteiger partial charge in [0.15, 0.2) is 4.34 Å². The van der Waals surface area contributed by atoms with Crippen molar-refractivity contribution in [3.63, 3.8) is 0 Å². The number of hydrogen-bond acceptors (Lipinski definition) is 6. The fourth-order valence-electron chi connectivity index (χ4n) is 1.26. The molecule has 2 aromatic heterocycles. The zero-order chi connectivity index (χ0) is 10.7. The van der Waals surface area contributed by atoms with Crippen molar-refractivity contribution in [2.45, 2.75) is 16.5 Å². The van der Waals surface area contributed by atoms with Crippen LogP contribution in [0.15, 0.2) is 21.3 Å². The summed E-state index contributed by atoms with van der Waals surface area (Å²) in [5, 5.41) is 10.3. The minimum Gasteiger partial charge on any atom is -0.329 e. The smallest absolute Gasteiger partial charge is 0.174 e. The van der Waals surface area contributed by atoms with Crippen LogP contribution in [0.2, 0.25) is 0 Å². The third-order valence-corrected chi connectivity index (χ3v) is 5.33. The summed E-state index contributed by atoms with van der Waals surface area (Å²) in [6.45, 7) is 2.75. The molecule has 0 saturated carbocycles. The van der Waals surface area contributed by atoms with Crippen LogP contribution in [-0.2, 0) is 0 Å². The number of thioether (sulfide) groups is 1. The van der Waals surface area contributed by atoms with Gasteiger partial charge in [0, 0.05) is 11.4 Å². The Kier molecular flexibility index (Phi) is 3.74. The second kappa shape index (κ2) is 5.07. The first-order chi connectivity index (χ1) is 7.31. The summed E-state index contributed by atoms with van der Waals surface area (Å²) in [7, 11) is 0. The molecule has 1 atom stereocenters. The standard InChI is InChI=1S/C9H11N3S3/c1-6-2-3-13-8(6)7(4-10)15-9-12-11-5-14-9/h2-3,5,7H,4,10H2,1H3. The van der Waals surface area contributed by atoms with Crippen LogP contribution >= 0.6 is 34.4 Å². The molecule has 2 heterocycles. The average molecular weight is 257 g/mol. The molecule has 0 radical (unpaired) electrons. The maximum atomic E-state index is 5.79. The summed E-state index contributed by atoms with van der Waals surface area (Å²) in [5.74, 6) is 0. The Hall–Kier alpha value is -0.430. The summed E-state index contributed by atoms with van der Waals surface area (Å²) in [6, 6.07) is 2.13. The Morgan fingerprint density at radius 1 is 1.53 bits per heavy atom. The van der Waals surface area contributed by atoms with Crippen LogP contribution in [0.5, 0.6) is 0 Å². The molecule has 0 aromatic carbocycles. The number of thiophene rings is 1. The van der Waals surface area contributed by atoms with Gasteiger partial charge in [0.1, 0.15) is 5.51 Å². The predicted octanol–water partition coefficient (Wildman–Crippen LogP) is 2.70. The van der Waals surface area contributed by atoms with Gasteiger partial charge in [-0.1, -0.05) is 23.1 Å². The van der Waals surface area contributed by atoms with Crippen LogP contribution < -0.4 is 5.73 Å². The molecule has 0 saturated heterocycles. The zero-order valence-corrected chi connectivity index (χ0v) is 10.7. The van der Waals surface area contributed by atoms with E-state index in [0.717, 1.165) is 4.34 Å². The Labute approximate surface area is 101 Å². The van der Waals surface area contributed by atoms with E-state index in [0.29, 0.717) is 11.8 Å². The summed E-state index contributed by atoms with van der Waals surface area (Å²) in [4.78, 5) is 1.35. The quantitative estimate of drug-likeness (QED) is 0.856. The molecular formula is C9H11N3S3. The lowest BCUT2D eigenvalue weighted by Crippen LogP contribution is -2.08. The summed E-state index contributed by atoms with van der Waals surface area (Å²) >= 11 is 5.02. The molecule has 6 heteroatoms. The first-order valence-electron chi connectivity index (χ1n) is 4.48. The second-order valence-corrected chi connectivity index (χ2v) is 6.25. The van der Waals surface area contributed by atoms with Crippen molar-refractivity contribution in [3.8, 4) is 0 Å². The second-order valence-electron chi connectivity index (χ2n) is 3.01. The first-order valence-corrected chi connectivity index (χ1v) is 7.12. The van der Waals surface area contributed by atoms with Gasteiger partial charge < -0.3 is 5.73 Å². The van der Waals surface area contributed by atoms with Gasteiger partial charge in [-0.25, -0.2) is 0 Å². The molecule has 0 aliphatic carbocycles. The fourth-order valence-corrected chi connectivity index (χ4v) is 4.20. The van der Waals surface area contributed by atoms with Crippen LogP contribution in [-0.4, -0.2) is 16.7 Å². The number of nitrogens with zero attached hydrogens (tertiary/aromatic N) is 2. The summed E-state index contributed by atoms with van der Waals surface area (Å²) < 4.78 is 0.984. The van der Waals surface area contributed by atoms with E-state index in [4.69, 9.17) is 5.73 Å². The highest BCUT2D eigenvalue weighted by molar-refractivity contribution is 8.01. The van der Waals surface area contributed by atoms with Crippen LogP contribution in [0.3, 0.4) is 0 Å². The molecule has 0 amide bonds. The Bertz CT molecular complexity index is 410. The Balaban J connectivity index is 2.15. The van der Waals surface area contributed by atoms with Crippen molar-refractivity contribution in [3.05, 3.63) is 27.4 Å². The monoisotopic (exact) mass is 257 g/mol. The average Bonchev–Trinajstić information content (AvgIpc) is 2.85. The number of aryl methyl sites for hydroxylation is 1. The maximum Gasteiger partial charge on any atom is 0.174 e. The van der Waals surface area contributed by atoms with E-state index in [9.17, 15) is 0 Å². The van der Waals surface area contributed by atoms with Crippen molar-refractivity contribution in [2.24, 2.45) is 5.73 Å². The van der Waals surface area contributed by atoms with Gasteiger partial charge in [-0.15, -0.1) is 21.5 Å².